The summed E-state index contributed by atoms with van der Waals surface area (Å²) in [5.74, 6) is 0.0993. The minimum absolute atomic E-state index is 0.0993. The Morgan fingerprint density at radius 3 is 2.94 bits per heavy atom. The molecule has 0 bridgehead atoms. The zero-order chi connectivity index (χ0) is 12.3. The number of amides is 1. The highest BCUT2D eigenvalue weighted by Crippen LogP contribution is 2.27. The molecule has 17 heavy (non-hydrogen) atoms. The minimum atomic E-state index is 0.0993. The van der Waals surface area contributed by atoms with Crippen LogP contribution in [0, 0.1) is 0 Å². The summed E-state index contributed by atoms with van der Waals surface area (Å²) >= 11 is 6.23. The fraction of sp³-hybridized carbons (Fsp3) is 0.417. The molecule has 0 radical (unpaired) electrons. The van der Waals surface area contributed by atoms with E-state index in [0.717, 1.165) is 17.8 Å². The summed E-state index contributed by atoms with van der Waals surface area (Å²) in [6.45, 7) is 2.63. The van der Waals surface area contributed by atoms with Crippen molar-refractivity contribution in [3.8, 4) is 0 Å². The van der Waals surface area contributed by atoms with E-state index in [9.17, 15) is 4.79 Å². The number of carbonyl (C=O) groups excluding carboxylic acids is 1. The van der Waals surface area contributed by atoms with Gasteiger partial charge < -0.3 is 16.0 Å². The molecular weight excluding hydrogens is 238 g/mol. The maximum atomic E-state index is 11.3. The summed E-state index contributed by atoms with van der Waals surface area (Å²) < 4.78 is 0. The largest absolute Gasteiger partial charge is 0.368 e. The van der Waals surface area contributed by atoms with Gasteiger partial charge in [0.2, 0.25) is 5.91 Å². The van der Waals surface area contributed by atoms with Crippen molar-refractivity contribution < 1.29 is 4.79 Å². The summed E-state index contributed by atoms with van der Waals surface area (Å²) in [4.78, 5) is 13.4. The number of halogens is 1. The van der Waals surface area contributed by atoms with Gasteiger partial charge in [0.1, 0.15) is 0 Å². The Balaban J connectivity index is 2.18. The van der Waals surface area contributed by atoms with Gasteiger partial charge >= 0.3 is 0 Å². The van der Waals surface area contributed by atoms with E-state index in [-0.39, 0.29) is 5.91 Å². The molecule has 3 N–H and O–H groups in total. The quantitative estimate of drug-likeness (QED) is 0.831. The van der Waals surface area contributed by atoms with Crippen molar-refractivity contribution in [3.63, 3.8) is 0 Å². The molecule has 1 aliphatic rings. The van der Waals surface area contributed by atoms with E-state index in [4.69, 9.17) is 17.3 Å². The van der Waals surface area contributed by atoms with E-state index in [1.54, 1.807) is 0 Å². The van der Waals surface area contributed by atoms with Crippen LogP contribution in [0.15, 0.2) is 18.2 Å². The Kier molecular flexibility index (Phi) is 3.86. The Labute approximate surface area is 106 Å². The maximum Gasteiger partial charge on any atom is 0.221 e. The average molecular weight is 254 g/mol. The topological polar surface area (TPSA) is 58.4 Å². The second-order valence-electron chi connectivity index (χ2n) is 4.08. The van der Waals surface area contributed by atoms with Crippen LogP contribution in [-0.4, -0.2) is 25.5 Å². The van der Waals surface area contributed by atoms with Crippen LogP contribution in [0.4, 0.5) is 5.69 Å². The van der Waals surface area contributed by atoms with E-state index in [1.807, 2.05) is 18.2 Å². The SMILES string of the molecule is NCc1ccc(N2CCNC(=O)CC2)c(Cl)c1. The molecule has 0 atom stereocenters. The van der Waals surface area contributed by atoms with Crippen molar-refractivity contribution >= 4 is 23.2 Å². The monoisotopic (exact) mass is 253 g/mol. The summed E-state index contributed by atoms with van der Waals surface area (Å²) in [5, 5.41) is 3.54. The van der Waals surface area contributed by atoms with Crippen molar-refractivity contribution in [2.24, 2.45) is 5.73 Å². The molecule has 1 saturated heterocycles. The van der Waals surface area contributed by atoms with Crippen LogP contribution < -0.4 is 16.0 Å². The van der Waals surface area contributed by atoms with Crippen molar-refractivity contribution in [3.05, 3.63) is 28.8 Å². The van der Waals surface area contributed by atoms with Crippen LogP contribution >= 0.6 is 11.6 Å². The third-order valence-electron chi connectivity index (χ3n) is 2.90. The van der Waals surface area contributed by atoms with Crippen molar-refractivity contribution in [2.45, 2.75) is 13.0 Å². The van der Waals surface area contributed by atoms with E-state index in [1.165, 1.54) is 0 Å². The lowest BCUT2D eigenvalue weighted by Gasteiger charge is -2.23. The highest BCUT2D eigenvalue weighted by Gasteiger charge is 2.15. The summed E-state index contributed by atoms with van der Waals surface area (Å²) in [6, 6.07) is 5.83. The third kappa shape index (κ3) is 2.90. The van der Waals surface area contributed by atoms with Gasteiger partial charge in [-0.1, -0.05) is 17.7 Å². The van der Waals surface area contributed by atoms with Gasteiger partial charge in [-0.25, -0.2) is 0 Å². The first kappa shape index (κ1) is 12.2. The average Bonchev–Trinajstić information content (AvgIpc) is 2.54. The molecule has 0 aliphatic carbocycles. The molecule has 5 heteroatoms. The molecule has 1 aliphatic heterocycles. The molecule has 0 aromatic heterocycles. The first-order chi connectivity index (χ1) is 8.20. The molecule has 1 heterocycles. The smallest absolute Gasteiger partial charge is 0.221 e. The molecule has 1 aromatic carbocycles. The lowest BCUT2D eigenvalue weighted by molar-refractivity contribution is -0.120. The standard InChI is InChI=1S/C12H16ClN3O/c13-10-7-9(8-14)1-2-11(10)16-5-3-12(17)15-4-6-16/h1-2,7H,3-6,8,14H2,(H,15,17). The van der Waals surface area contributed by atoms with Crippen molar-refractivity contribution in [1.82, 2.24) is 5.32 Å². The Bertz CT molecular complexity index is 422. The Morgan fingerprint density at radius 2 is 2.24 bits per heavy atom. The van der Waals surface area contributed by atoms with E-state index < -0.39 is 0 Å². The van der Waals surface area contributed by atoms with Gasteiger partial charge in [0.05, 0.1) is 10.7 Å². The maximum absolute atomic E-state index is 11.3. The zero-order valence-corrected chi connectivity index (χ0v) is 10.3. The fourth-order valence-corrected chi connectivity index (χ4v) is 2.26. The second kappa shape index (κ2) is 5.38. The Morgan fingerprint density at radius 1 is 1.41 bits per heavy atom. The lowest BCUT2D eigenvalue weighted by atomic mass is 10.2. The minimum Gasteiger partial charge on any atom is -0.368 e. The first-order valence-electron chi connectivity index (χ1n) is 5.71. The van der Waals surface area contributed by atoms with Gasteiger partial charge in [0.15, 0.2) is 0 Å². The van der Waals surface area contributed by atoms with E-state index in [2.05, 4.69) is 10.2 Å². The molecule has 92 valence electrons. The highest BCUT2D eigenvalue weighted by atomic mass is 35.5. The van der Waals surface area contributed by atoms with Crippen LogP contribution in [0.25, 0.3) is 0 Å². The first-order valence-corrected chi connectivity index (χ1v) is 6.08. The molecule has 1 amide bonds. The summed E-state index contributed by atoms with van der Waals surface area (Å²) in [7, 11) is 0. The van der Waals surface area contributed by atoms with Crippen LogP contribution in [0.5, 0.6) is 0 Å². The van der Waals surface area contributed by atoms with Crippen molar-refractivity contribution in [1.29, 1.82) is 0 Å². The van der Waals surface area contributed by atoms with Crippen molar-refractivity contribution in [2.75, 3.05) is 24.5 Å². The number of rotatable bonds is 2. The van der Waals surface area contributed by atoms with Gasteiger partial charge in [-0.3, -0.25) is 4.79 Å². The van der Waals surface area contributed by atoms with E-state index >= 15 is 0 Å². The number of benzene rings is 1. The van der Waals surface area contributed by atoms with E-state index in [0.29, 0.717) is 31.1 Å². The molecule has 0 spiro atoms. The zero-order valence-electron chi connectivity index (χ0n) is 9.58. The highest BCUT2D eigenvalue weighted by molar-refractivity contribution is 6.33. The number of nitrogens with zero attached hydrogens (tertiary/aromatic N) is 1. The van der Waals surface area contributed by atoms with Gasteiger partial charge in [-0.05, 0) is 17.7 Å². The second-order valence-corrected chi connectivity index (χ2v) is 4.48. The third-order valence-corrected chi connectivity index (χ3v) is 3.20. The molecule has 1 aromatic rings. The number of anilines is 1. The molecule has 4 nitrogen and oxygen atoms in total. The predicted molar refractivity (Wildman–Crippen MR) is 69.2 cm³/mol. The van der Waals surface area contributed by atoms with Gasteiger partial charge in [-0.2, -0.15) is 0 Å². The number of hydrogen-bond donors (Lipinski definition) is 2. The number of carbonyl (C=O) groups is 1. The predicted octanol–water partition coefficient (Wildman–Crippen LogP) is 1.12. The molecular formula is C12H16ClN3O. The molecule has 0 saturated carbocycles. The normalized spacial score (nSPS) is 16.6. The molecule has 0 unspecified atom stereocenters. The number of hydrogen-bond acceptors (Lipinski definition) is 3. The Hall–Kier alpha value is -1.26. The van der Waals surface area contributed by atoms with Gasteiger partial charge in [0, 0.05) is 32.6 Å². The van der Waals surface area contributed by atoms with Crippen LogP contribution in [0.3, 0.4) is 0 Å². The summed E-state index contributed by atoms with van der Waals surface area (Å²) in [5.41, 5.74) is 7.55. The van der Waals surface area contributed by atoms with Gasteiger partial charge in [-0.15, -0.1) is 0 Å². The van der Waals surface area contributed by atoms with Crippen LogP contribution in [0.2, 0.25) is 5.02 Å². The van der Waals surface area contributed by atoms with Crippen LogP contribution in [-0.2, 0) is 11.3 Å². The van der Waals surface area contributed by atoms with Crippen LogP contribution in [0.1, 0.15) is 12.0 Å². The molecule has 1 fully saturated rings. The summed E-state index contributed by atoms with van der Waals surface area (Å²) in [6.07, 6.45) is 0.509. The molecule has 2 rings (SSSR count). The lowest BCUT2D eigenvalue weighted by Crippen LogP contribution is -2.28. The fourth-order valence-electron chi connectivity index (χ4n) is 1.94. The number of nitrogens with one attached hydrogen (secondary N) is 1. The number of nitrogens with two attached hydrogens (primary N) is 1. The van der Waals surface area contributed by atoms with Gasteiger partial charge in [0.25, 0.3) is 0 Å².